The number of hydrogen-bond acceptors (Lipinski definition) is 3. The van der Waals surface area contributed by atoms with Crippen LogP contribution in [0.5, 0.6) is 5.75 Å². The molecule has 0 bridgehead atoms. The zero-order valence-electron chi connectivity index (χ0n) is 8.64. The van der Waals surface area contributed by atoms with Crippen molar-refractivity contribution in [3.05, 3.63) is 23.8 Å². The van der Waals surface area contributed by atoms with Crippen LogP contribution in [0.2, 0.25) is 0 Å². The molecular formula is C10H9FN2O4. The van der Waals surface area contributed by atoms with Crippen LogP contribution in [0.25, 0.3) is 0 Å². The van der Waals surface area contributed by atoms with E-state index in [1.54, 1.807) is 17.6 Å². The number of hydrogen-bond donors (Lipinski definition) is 2. The number of carboxylic acid groups (broad SMARTS) is 1. The monoisotopic (exact) mass is 240 g/mol. The van der Waals surface area contributed by atoms with Gasteiger partial charge in [0.15, 0.2) is 0 Å². The molecule has 7 heteroatoms. The number of nitrogens with zero attached hydrogens (tertiary/aromatic N) is 1. The van der Waals surface area contributed by atoms with Gasteiger partial charge in [0, 0.05) is 6.42 Å². The van der Waals surface area contributed by atoms with Gasteiger partial charge in [0.25, 0.3) is 0 Å². The van der Waals surface area contributed by atoms with Gasteiger partial charge in [-0.1, -0.05) is 12.1 Å². The lowest BCUT2D eigenvalue weighted by Gasteiger charge is -2.19. The summed E-state index contributed by atoms with van der Waals surface area (Å²) < 4.78 is 18.0. The normalized spacial score (nSPS) is 12.5. The van der Waals surface area contributed by atoms with E-state index in [2.05, 4.69) is 0 Å². The lowest BCUT2D eigenvalue weighted by Crippen LogP contribution is -2.43. The number of ether oxygens (including phenoxy) is 1. The van der Waals surface area contributed by atoms with E-state index in [0.29, 0.717) is 23.8 Å². The number of fused-ring (bicyclic) bond motifs is 1. The van der Waals surface area contributed by atoms with Crippen LogP contribution in [0.3, 0.4) is 0 Å². The Morgan fingerprint density at radius 3 is 2.88 bits per heavy atom. The highest BCUT2D eigenvalue weighted by molar-refractivity contribution is 5.91. The largest absolute Gasteiger partial charge is 0.491 e. The van der Waals surface area contributed by atoms with Gasteiger partial charge in [-0.05, 0) is 11.6 Å². The molecule has 0 saturated heterocycles. The van der Waals surface area contributed by atoms with Crippen molar-refractivity contribution in [2.45, 2.75) is 6.42 Å². The van der Waals surface area contributed by atoms with Gasteiger partial charge in [0.2, 0.25) is 0 Å². The number of benzene rings is 1. The summed E-state index contributed by atoms with van der Waals surface area (Å²) in [4.78, 5) is 21.2. The maximum absolute atomic E-state index is 12.8. The van der Waals surface area contributed by atoms with Gasteiger partial charge < -0.3 is 9.84 Å². The fraction of sp³-hybridized carbons (Fsp3) is 0.200. The molecule has 0 radical (unpaired) electrons. The molecule has 90 valence electrons. The number of hydrazine groups is 1. The molecule has 1 aromatic rings. The predicted octanol–water partition coefficient (Wildman–Crippen LogP) is 1.70. The van der Waals surface area contributed by atoms with Crippen LogP contribution in [0.15, 0.2) is 18.2 Å². The van der Waals surface area contributed by atoms with Gasteiger partial charge >= 0.3 is 12.3 Å². The number of carbonyl (C=O) groups is 2. The van der Waals surface area contributed by atoms with E-state index in [-0.39, 0.29) is 5.69 Å². The van der Waals surface area contributed by atoms with E-state index >= 15 is 0 Å². The highest BCUT2D eigenvalue weighted by Crippen LogP contribution is 2.35. The molecule has 2 amide bonds. The van der Waals surface area contributed by atoms with Crippen LogP contribution >= 0.6 is 0 Å². The quantitative estimate of drug-likeness (QED) is 0.445. The maximum atomic E-state index is 12.8. The molecule has 0 spiro atoms. The van der Waals surface area contributed by atoms with Crippen LogP contribution < -0.4 is 15.2 Å². The molecule has 17 heavy (non-hydrogen) atoms. The molecule has 0 atom stereocenters. The van der Waals surface area contributed by atoms with Crippen LogP contribution in [0.4, 0.5) is 19.7 Å². The molecule has 6 nitrogen and oxygen atoms in total. The van der Waals surface area contributed by atoms with E-state index < -0.39 is 12.3 Å². The van der Waals surface area contributed by atoms with Gasteiger partial charge in [-0.2, -0.15) is 5.01 Å². The lowest BCUT2D eigenvalue weighted by molar-refractivity contribution is 0.188. The van der Waals surface area contributed by atoms with Crippen molar-refractivity contribution in [3.63, 3.8) is 0 Å². The predicted molar refractivity (Wildman–Crippen MR) is 55.8 cm³/mol. The van der Waals surface area contributed by atoms with Gasteiger partial charge in [0.05, 0.1) is 6.61 Å². The Morgan fingerprint density at radius 1 is 1.47 bits per heavy atom. The Labute approximate surface area is 95.6 Å². The summed E-state index contributed by atoms with van der Waals surface area (Å²) in [6.45, 7) is 0.424. The summed E-state index contributed by atoms with van der Waals surface area (Å²) in [6, 6.07) is 4.77. The Balaban J connectivity index is 2.40. The zero-order chi connectivity index (χ0) is 12.4. The average molecular weight is 240 g/mol. The third-order valence-corrected chi connectivity index (χ3v) is 2.32. The number of para-hydroxylation sites is 1. The van der Waals surface area contributed by atoms with Gasteiger partial charge in [-0.15, -0.1) is 4.39 Å². The van der Waals surface area contributed by atoms with Crippen LogP contribution in [-0.4, -0.2) is 24.0 Å². The second-order valence-electron chi connectivity index (χ2n) is 3.37. The van der Waals surface area contributed by atoms with Gasteiger partial charge in [-0.3, -0.25) is 0 Å². The van der Waals surface area contributed by atoms with Crippen LogP contribution in [-0.2, 0) is 6.42 Å². The summed E-state index contributed by atoms with van der Waals surface area (Å²) in [5, 5.41) is 8.83. The van der Waals surface area contributed by atoms with Gasteiger partial charge in [0.1, 0.15) is 11.4 Å². The third-order valence-electron chi connectivity index (χ3n) is 2.32. The standard InChI is InChI=1S/C10H9FN2O4/c11-9(14)13(12-10(15)16)7-3-1-2-6-4-5-17-8(6)7/h1-3,12H,4-5H2,(H,15,16). The summed E-state index contributed by atoms with van der Waals surface area (Å²) in [6.07, 6.45) is -2.81. The first kappa shape index (κ1) is 11.2. The Hall–Kier alpha value is -2.31. The van der Waals surface area contributed by atoms with Crippen molar-refractivity contribution in [2.75, 3.05) is 11.6 Å². The molecule has 1 aliphatic rings. The fourth-order valence-corrected chi connectivity index (χ4v) is 1.67. The Kier molecular flexibility index (Phi) is 2.82. The number of carbonyl (C=O) groups excluding carboxylic acids is 1. The van der Waals surface area contributed by atoms with Crippen molar-refractivity contribution >= 4 is 17.9 Å². The molecule has 1 heterocycles. The Morgan fingerprint density at radius 2 is 2.24 bits per heavy atom. The summed E-state index contributed by atoms with van der Waals surface area (Å²) in [5.74, 6) is 0.326. The molecule has 0 saturated carbocycles. The van der Waals surface area contributed by atoms with Crippen LogP contribution in [0.1, 0.15) is 5.56 Å². The lowest BCUT2D eigenvalue weighted by atomic mass is 10.1. The molecule has 0 aromatic heterocycles. The zero-order valence-corrected chi connectivity index (χ0v) is 8.64. The number of anilines is 1. The molecule has 1 aliphatic heterocycles. The number of amides is 2. The van der Waals surface area contributed by atoms with Gasteiger partial charge in [-0.25, -0.2) is 15.0 Å². The van der Waals surface area contributed by atoms with E-state index in [1.165, 1.54) is 6.07 Å². The molecule has 0 fully saturated rings. The summed E-state index contributed by atoms with van der Waals surface area (Å²) >= 11 is 0. The second-order valence-corrected chi connectivity index (χ2v) is 3.37. The third kappa shape index (κ3) is 2.12. The number of halogens is 1. The highest BCUT2D eigenvalue weighted by Gasteiger charge is 2.25. The van der Waals surface area contributed by atoms with Crippen molar-refractivity contribution in [1.82, 2.24) is 5.43 Å². The SMILES string of the molecule is O=C(O)NN(C(=O)F)c1cccc2c1OCC2. The van der Waals surface area contributed by atoms with Crippen molar-refractivity contribution in [1.29, 1.82) is 0 Å². The fourth-order valence-electron chi connectivity index (χ4n) is 1.67. The molecular weight excluding hydrogens is 231 g/mol. The minimum absolute atomic E-state index is 0.0508. The minimum atomic E-state index is -1.92. The molecule has 2 N–H and O–H groups in total. The summed E-state index contributed by atoms with van der Waals surface area (Å²) in [7, 11) is 0. The first-order valence-corrected chi connectivity index (χ1v) is 4.83. The Bertz CT molecular complexity index is 477. The second kappa shape index (κ2) is 4.28. The first-order valence-electron chi connectivity index (χ1n) is 4.83. The van der Waals surface area contributed by atoms with Crippen molar-refractivity contribution in [2.24, 2.45) is 0 Å². The minimum Gasteiger partial charge on any atom is -0.491 e. The van der Waals surface area contributed by atoms with Crippen molar-refractivity contribution in [3.8, 4) is 5.75 Å². The average Bonchev–Trinajstić information content (AvgIpc) is 2.73. The summed E-state index contributed by atoms with van der Waals surface area (Å²) in [5.41, 5.74) is 2.53. The maximum Gasteiger partial charge on any atom is 0.424 e. The molecule has 2 rings (SSSR count). The molecule has 0 aliphatic carbocycles. The topological polar surface area (TPSA) is 78.9 Å². The van der Waals surface area contributed by atoms with Crippen molar-refractivity contribution < 1.29 is 23.8 Å². The van der Waals surface area contributed by atoms with E-state index in [4.69, 9.17) is 9.84 Å². The van der Waals surface area contributed by atoms with Crippen LogP contribution in [0, 0.1) is 0 Å². The number of nitrogens with one attached hydrogen (secondary N) is 1. The van der Waals surface area contributed by atoms with E-state index in [1.807, 2.05) is 0 Å². The molecule has 1 aromatic carbocycles. The number of rotatable bonds is 1. The molecule has 0 unspecified atom stereocenters. The van der Waals surface area contributed by atoms with E-state index in [0.717, 1.165) is 5.56 Å². The van der Waals surface area contributed by atoms with E-state index in [9.17, 15) is 14.0 Å². The highest BCUT2D eigenvalue weighted by atomic mass is 19.1. The first-order chi connectivity index (χ1) is 8.09. The smallest absolute Gasteiger partial charge is 0.424 e.